The van der Waals surface area contributed by atoms with Gasteiger partial charge in [0.25, 0.3) is 0 Å². The van der Waals surface area contributed by atoms with Crippen molar-refractivity contribution in [3.8, 4) is 0 Å². The van der Waals surface area contributed by atoms with Gasteiger partial charge in [-0.2, -0.15) is 0 Å². The quantitative estimate of drug-likeness (QED) is 0.331. The van der Waals surface area contributed by atoms with Crippen LogP contribution >= 0.6 is 11.8 Å². The molecule has 2 amide bonds. The highest BCUT2D eigenvalue weighted by Crippen LogP contribution is 2.42. The van der Waals surface area contributed by atoms with Crippen LogP contribution in [0.25, 0.3) is 0 Å². The molecule has 182 valence electrons. The summed E-state index contributed by atoms with van der Waals surface area (Å²) in [5.74, 6) is -1.19. The summed E-state index contributed by atoms with van der Waals surface area (Å²) in [6, 6.07) is 25.7. The summed E-state index contributed by atoms with van der Waals surface area (Å²) >= 11 is 1.34. The molecule has 0 saturated carbocycles. The SMILES string of the molecule is COC(=O)[C@H](Cc1ccccc1)NC(=O)[C@](CNC(C)=O)(Sc1ccc(C)cc1)c1ccccc1. The molecule has 0 aliphatic rings. The van der Waals surface area contributed by atoms with Gasteiger partial charge in [0.1, 0.15) is 10.8 Å². The van der Waals surface area contributed by atoms with E-state index in [0.29, 0.717) is 5.56 Å². The Morgan fingerprint density at radius 3 is 2.09 bits per heavy atom. The second-order valence-corrected chi connectivity index (χ2v) is 9.63. The maximum atomic E-state index is 14.1. The first-order chi connectivity index (χ1) is 16.8. The molecule has 7 heteroatoms. The predicted molar refractivity (Wildman–Crippen MR) is 138 cm³/mol. The fourth-order valence-corrected chi connectivity index (χ4v) is 4.90. The number of hydrogen-bond donors (Lipinski definition) is 2. The number of aryl methyl sites for hydroxylation is 1. The minimum Gasteiger partial charge on any atom is -0.467 e. The van der Waals surface area contributed by atoms with Gasteiger partial charge in [0, 0.05) is 24.8 Å². The van der Waals surface area contributed by atoms with Crippen LogP contribution in [0.2, 0.25) is 0 Å². The van der Waals surface area contributed by atoms with E-state index in [9.17, 15) is 14.4 Å². The lowest BCUT2D eigenvalue weighted by molar-refractivity contribution is -0.145. The Hall–Kier alpha value is -3.58. The zero-order valence-electron chi connectivity index (χ0n) is 20.1. The molecule has 0 unspecified atom stereocenters. The molecule has 0 heterocycles. The van der Waals surface area contributed by atoms with Crippen molar-refractivity contribution in [3.05, 3.63) is 102 Å². The van der Waals surface area contributed by atoms with E-state index in [-0.39, 0.29) is 18.9 Å². The van der Waals surface area contributed by atoms with Crippen molar-refractivity contribution in [2.24, 2.45) is 0 Å². The van der Waals surface area contributed by atoms with Crippen molar-refractivity contribution < 1.29 is 19.1 Å². The third-order valence-corrected chi connectivity index (χ3v) is 7.00. The largest absolute Gasteiger partial charge is 0.467 e. The van der Waals surface area contributed by atoms with E-state index in [2.05, 4.69) is 10.6 Å². The number of esters is 1. The molecule has 0 aromatic heterocycles. The average Bonchev–Trinajstić information content (AvgIpc) is 2.88. The van der Waals surface area contributed by atoms with E-state index in [1.54, 1.807) is 0 Å². The number of hydrogen-bond acceptors (Lipinski definition) is 5. The van der Waals surface area contributed by atoms with E-state index in [0.717, 1.165) is 16.0 Å². The highest BCUT2D eigenvalue weighted by Gasteiger charge is 2.43. The molecule has 0 spiro atoms. The van der Waals surface area contributed by atoms with Gasteiger partial charge in [-0.05, 0) is 30.2 Å². The number of amides is 2. The Morgan fingerprint density at radius 2 is 1.51 bits per heavy atom. The number of carbonyl (C=O) groups excluding carboxylic acids is 3. The van der Waals surface area contributed by atoms with E-state index in [4.69, 9.17) is 4.74 Å². The molecule has 35 heavy (non-hydrogen) atoms. The van der Waals surface area contributed by atoms with Crippen LogP contribution in [-0.4, -0.2) is 37.5 Å². The van der Waals surface area contributed by atoms with Gasteiger partial charge in [-0.25, -0.2) is 4.79 Å². The Kier molecular flexibility index (Phi) is 9.09. The molecule has 0 bridgehead atoms. The highest BCUT2D eigenvalue weighted by atomic mass is 32.2. The van der Waals surface area contributed by atoms with Crippen LogP contribution in [0.5, 0.6) is 0 Å². The smallest absolute Gasteiger partial charge is 0.328 e. The number of methoxy groups -OCH3 is 1. The third-order valence-electron chi connectivity index (χ3n) is 5.58. The highest BCUT2D eigenvalue weighted by molar-refractivity contribution is 8.01. The lowest BCUT2D eigenvalue weighted by atomic mass is 9.95. The summed E-state index contributed by atoms with van der Waals surface area (Å²) in [6.07, 6.45) is 0.277. The first-order valence-corrected chi connectivity index (χ1v) is 12.1. The molecule has 2 atom stereocenters. The number of nitrogens with one attached hydrogen (secondary N) is 2. The van der Waals surface area contributed by atoms with E-state index >= 15 is 0 Å². The first-order valence-electron chi connectivity index (χ1n) is 11.3. The molecular formula is C28H30N2O4S. The lowest BCUT2D eigenvalue weighted by Gasteiger charge is -2.34. The van der Waals surface area contributed by atoms with Gasteiger partial charge < -0.3 is 15.4 Å². The van der Waals surface area contributed by atoms with Gasteiger partial charge in [-0.1, -0.05) is 78.4 Å². The molecule has 3 rings (SSSR count). The maximum absolute atomic E-state index is 14.1. The van der Waals surface area contributed by atoms with Crippen LogP contribution in [0.1, 0.15) is 23.6 Å². The molecule has 2 N–H and O–H groups in total. The summed E-state index contributed by atoms with van der Waals surface area (Å²) in [4.78, 5) is 39.5. The first kappa shape index (κ1) is 26.0. The minimum atomic E-state index is -1.23. The van der Waals surface area contributed by atoms with Crippen LogP contribution in [0.4, 0.5) is 0 Å². The molecule has 0 aliphatic carbocycles. The fourth-order valence-electron chi connectivity index (χ4n) is 3.68. The number of carbonyl (C=O) groups is 3. The van der Waals surface area contributed by atoms with Crippen molar-refractivity contribution >= 4 is 29.5 Å². The number of benzene rings is 3. The van der Waals surface area contributed by atoms with Gasteiger partial charge in [0.05, 0.1) is 7.11 Å². The lowest BCUT2D eigenvalue weighted by Crippen LogP contribution is -2.54. The number of rotatable bonds is 10. The second-order valence-electron chi connectivity index (χ2n) is 8.26. The molecule has 0 aliphatic heterocycles. The van der Waals surface area contributed by atoms with Gasteiger partial charge in [-0.15, -0.1) is 11.8 Å². The van der Waals surface area contributed by atoms with Crippen LogP contribution in [-0.2, 0) is 30.3 Å². The van der Waals surface area contributed by atoms with Crippen molar-refractivity contribution in [3.63, 3.8) is 0 Å². The predicted octanol–water partition coefficient (Wildman–Crippen LogP) is 4.02. The van der Waals surface area contributed by atoms with Crippen LogP contribution in [0.15, 0.2) is 89.8 Å². The summed E-state index contributed by atoms with van der Waals surface area (Å²) in [5.41, 5.74) is 2.70. The third kappa shape index (κ3) is 6.96. The summed E-state index contributed by atoms with van der Waals surface area (Å²) in [6.45, 7) is 3.44. The van der Waals surface area contributed by atoms with Gasteiger partial charge >= 0.3 is 5.97 Å². The Morgan fingerprint density at radius 1 is 0.914 bits per heavy atom. The van der Waals surface area contributed by atoms with Gasteiger partial charge in [-0.3, -0.25) is 9.59 Å². The Balaban J connectivity index is 2.03. The van der Waals surface area contributed by atoms with Crippen molar-refractivity contribution in [2.75, 3.05) is 13.7 Å². The topological polar surface area (TPSA) is 84.5 Å². The monoisotopic (exact) mass is 490 g/mol. The second kappa shape index (κ2) is 12.2. The van der Waals surface area contributed by atoms with Gasteiger partial charge in [0.15, 0.2) is 0 Å². The minimum absolute atomic E-state index is 0.0377. The number of thioether (sulfide) groups is 1. The molecule has 0 fully saturated rings. The molecule has 6 nitrogen and oxygen atoms in total. The summed E-state index contributed by atoms with van der Waals surface area (Å²) in [7, 11) is 1.30. The van der Waals surface area contributed by atoms with E-state index in [1.165, 1.54) is 25.8 Å². The van der Waals surface area contributed by atoms with Crippen LogP contribution in [0, 0.1) is 6.92 Å². The standard InChI is InChI=1S/C28H30N2O4S/c1-20-14-16-24(17-15-20)35-28(19-29-21(2)31,23-12-8-5-9-13-23)27(33)30-25(26(32)34-3)18-22-10-6-4-7-11-22/h4-17,25H,18-19H2,1-3H3,(H,29,31)(H,30,33)/t25-,28+/m0/s1. The molecule has 3 aromatic carbocycles. The molecule has 3 aromatic rings. The molecule has 0 radical (unpaired) electrons. The normalized spacial score (nSPS) is 13.2. The van der Waals surface area contributed by atoms with Crippen LogP contribution in [0.3, 0.4) is 0 Å². The Labute approximate surface area is 210 Å². The Bertz CT molecular complexity index is 1140. The zero-order valence-corrected chi connectivity index (χ0v) is 20.9. The van der Waals surface area contributed by atoms with Crippen molar-refractivity contribution in [1.29, 1.82) is 0 Å². The van der Waals surface area contributed by atoms with E-state index in [1.807, 2.05) is 91.9 Å². The number of ether oxygens (including phenoxy) is 1. The molecule has 0 saturated heterocycles. The van der Waals surface area contributed by atoms with E-state index < -0.39 is 22.7 Å². The maximum Gasteiger partial charge on any atom is 0.328 e. The average molecular weight is 491 g/mol. The van der Waals surface area contributed by atoms with Crippen molar-refractivity contribution in [2.45, 2.75) is 36.0 Å². The van der Waals surface area contributed by atoms with Crippen LogP contribution < -0.4 is 10.6 Å². The van der Waals surface area contributed by atoms with Crippen molar-refractivity contribution in [1.82, 2.24) is 10.6 Å². The molecular weight excluding hydrogens is 460 g/mol. The summed E-state index contributed by atoms with van der Waals surface area (Å²) in [5, 5.41) is 5.75. The zero-order chi connectivity index (χ0) is 25.3. The fraction of sp³-hybridized carbons (Fsp3) is 0.250. The summed E-state index contributed by atoms with van der Waals surface area (Å²) < 4.78 is 3.77. The van der Waals surface area contributed by atoms with Gasteiger partial charge in [0.2, 0.25) is 11.8 Å².